The van der Waals surface area contributed by atoms with Gasteiger partial charge in [0.2, 0.25) is 0 Å². The molecular formula is C26H30F2N8O. The van der Waals surface area contributed by atoms with E-state index in [1.807, 2.05) is 41.5 Å². The van der Waals surface area contributed by atoms with E-state index in [9.17, 15) is 13.9 Å². The smallest absolute Gasteiger partial charge is 0.265 e. The van der Waals surface area contributed by atoms with Crippen LogP contribution in [0, 0.1) is 13.8 Å². The van der Waals surface area contributed by atoms with Gasteiger partial charge >= 0.3 is 0 Å². The number of alkyl halides is 2. The molecule has 0 saturated carbocycles. The number of nitrogens with zero attached hydrogens (tertiary/aromatic N) is 6. The molecule has 1 fully saturated rings. The first-order valence-electron chi connectivity index (χ1n) is 12.1. The Bertz CT molecular complexity index is 1440. The molecule has 0 spiro atoms. The lowest BCUT2D eigenvalue weighted by Crippen LogP contribution is -2.63. The van der Waals surface area contributed by atoms with Gasteiger partial charge in [-0.3, -0.25) is 4.98 Å². The Labute approximate surface area is 213 Å². The zero-order chi connectivity index (χ0) is 26.3. The first-order chi connectivity index (χ1) is 17.7. The van der Waals surface area contributed by atoms with Crippen LogP contribution in [0.5, 0.6) is 0 Å². The second-order valence-corrected chi connectivity index (χ2v) is 9.86. The number of piperidine rings is 1. The van der Waals surface area contributed by atoms with Gasteiger partial charge in [0.25, 0.3) is 6.43 Å². The fourth-order valence-corrected chi connectivity index (χ4v) is 5.16. The molecule has 1 aliphatic heterocycles. The summed E-state index contributed by atoms with van der Waals surface area (Å²) in [6.07, 6.45) is 0.837. The zero-order valence-electron chi connectivity index (χ0n) is 20.8. The minimum atomic E-state index is -2.92. The van der Waals surface area contributed by atoms with Gasteiger partial charge in [0.15, 0.2) is 11.5 Å². The summed E-state index contributed by atoms with van der Waals surface area (Å²) in [6.45, 7) is 5.15. The number of aliphatic hydroxyl groups excluding tert-OH is 1. The molecular weight excluding hydrogens is 478 g/mol. The van der Waals surface area contributed by atoms with Gasteiger partial charge < -0.3 is 26.0 Å². The van der Waals surface area contributed by atoms with E-state index < -0.39 is 18.1 Å². The van der Waals surface area contributed by atoms with Crippen molar-refractivity contribution < 1.29 is 13.9 Å². The molecule has 0 bridgehead atoms. The molecule has 37 heavy (non-hydrogen) atoms. The summed E-state index contributed by atoms with van der Waals surface area (Å²) in [5.41, 5.74) is 17.7. The molecule has 5 rings (SSSR count). The number of hydrogen-bond acceptors (Lipinski definition) is 8. The molecule has 0 aliphatic carbocycles. The normalized spacial score (nSPS) is 19.1. The minimum Gasteiger partial charge on any atom is -0.385 e. The molecule has 1 saturated heterocycles. The van der Waals surface area contributed by atoms with Gasteiger partial charge in [-0.15, -0.1) is 0 Å². The Hall–Kier alpha value is -3.70. The van der Waals surface area contributed by atoms with Crippen LogP contribution in [0.25, 0.3) is 22.4 Å². The van der Waals surface area contributed by atoms with Crippen LogP contribution in [-0.2, 0) is 6.54 Å². The molecule has 9 nitrogen and oxygen atoms in total. The highest BCUT2D eigenvalue weighted by molar-refractivity contribution is 5.81. The van der Waals surface area contributed by atoms with Crippen LogP contribution in [0.2, 0.25) is 0 Å². The molecule has 4 aromatic rings. The molecule has 194 valence electrons. The number of pyridine rings is 1. The molecule has 0 radical (unpaired) electrons. The van der Waals surface area contributed by atoms with Crippen molar-refractivity contribution in [3.8, 4) is 11.3 Å². The van der Waals surface area contributed by atoms with Crippen molar-refractivity contribution in [3.63, 3.8) is 0 Å². The number of imidazole rings is 1. The van der Waals surface area contributed by atoms with E-state index in [0.29, 0.717) is 42.9 Å². The van der Waals surface area contributed by atoms with E-state index in [4.69, 9.17) is 16.5 Å². The largest absolute Gasteiger partial charge is 0.385 e. The molecule has 11 heteroatoms. The summed E-state index contributed by atoms with van der Waals surface area (Å²) in [7, 11) is 0. The van der Waals surface area contributed by atoms with Gasteiger partial charge in [0.05, 0.1) is 36.0 Å². The molecule has 4 heterocycles. The Morgan fingerprint density at radius 1 is 1.14 bits per heavy atom. The quantitative estimate of drug-likeness (QED) is 0.362. The summed E-state index contributed by atoms with van der Waals surface area (Å²) >= 11 is 0. The Kier molecular flexibility index (Phi) is 6.50. The highest BCUT2D eigenvalue weighted by Gasteiger charge is 2.43. The van der Waals surface area contributed by atoms with Crippen molar-refractivity contribution in [2.75, 3.05) is 23.7 Å². The van der Waals surface area contributed by atoms with Crippen molar-refractivity contribution >= 4 is 22.7 Å². The van der Waals surface area contributed by atoms with Crippen LogP contribution in [-0.4, -0.2) is 60.8 Å². The number of hydrogen-bond donors (Lipinski definition) is 3. The maximum atomic E-state index is 13.4. The lowest BCUT2D eigenvalue weighted by atomic mass is 9.84. The number of fused-ring (bicyclic) bond motifs is 1. The average Bonchev–Trinajstić information content (AvgIpc) is 3.27. The standard InChI is InChI=1S/C26H30F2N8O/c1-15-4-5-18(16(2)8-15)19-9-17(11-36-14-34-21-24(29)32-13-33-25(21)36)20(10-31-19)35-7-3-6-26(30,12-35)22(37)23(27)28/h4-5,8-10,13-14,22-23,37H,3,6-7,11-12,30H2,1-2H3,(H2,29,32,33)/t22-,26+/m0/s1. The maximum Gasteiger partial charge on any atom is 0.265 e. The van der Waals surface area contributed by atoms with Gasteiger partial charge in [0, 0.05) is 18.7 Å². The minimum absolute atomic E-state index is 0.0793. The van der Waals surface area contributed by atoms with Gasteiger partial charge in [-0.1, -0.05) is 23.8 Å². The Morgan fingerprint density at radius 3 is 2.70 bits per heavy atom. The number of rotatable bonds is 6. The molecule has 2 atom stereocenters. The van der Waals surface area contributed by atoms with Crippen molar-refractivity contribution in [2.24, 2.45) is 5.73 Å². The van der Waals surface area contributed by atoms with Gasteiger partial charge in [-0.2, -0.15) is 0 Å². The van der Waals surface area contributed by atoms with Crippen LogP contribution in [0.3, 0.4) is 0 Å². The monoisotopic (exact) mass is 508 g/mol. The predicted octanol–water partition coefficient (Wildman–Crippen LogP) is 3.06. The third-order valence-electron chi connectivity index (χ3n) is 7.12. The van der Waals surface area contributed by atoms with Gasteiger partial charge in [-0.05, 0) is 43.9 Å². The molecule has 1 aliphatic rings. The number of nitrogens with two attached hydrogens (primary N) is 2. The van der Waals surface area contributed by atoms with E-state index in [2.05, 4.69) is 21.0 Å². The summed E-state index contributed by atoms with van der Waals surface area (Å²) in [5, 5.41) is 10.2. The number of aliphatic hydroxyl groups is 1. The molecule has 5 N–H and O–H groups in total. The lowest BCUT2D eigenvalue weighted by Gasteiger charge is -2.44. The first-order valence-corrected chi connectivity index (χ1v) is 12.1. The summed E-state index contributed by atoms with van der Waals surface area (Å²) < 4.78 is 28.7. The molecule has 0 unspecified atom stereocenters. The molecule has 3 aromatic heterocycles. The van der Waals surface area contributed by atoms with E-state index in [0.717, 1.165) is 33.6 Å². The SMILES string of the molecule is Cc1ccc(-c2cc(Cn3cnc4c(N)ncnc43)c(N3CCC[C@](N)([C@@H](O)C(F)F)C3)cn2)c(C)c1. The van der Waals surface area contributed by atoms with Crippen molar-refractivity contribution in [3.05, 3.63) is 59.8 Å². The maximum absolute atomic E-state index is 13.4. The lowest BCUT2D eigenvalue weighted by molar-refractivity contribution is -0.0529. The van der Waals surface area contributed by atoms with E-state index in [-0.39, 0.29) is 6.54 Å². The molecule has 0 amide bonds. The number of aromatic nitrogens is 5. The first kappa shape index (κ1) is 25.0. The number of anilines is 2. The fourth-order valence-electron chi connectivity index (χ4n) is 5.16. The summed E-state index contributed by atoms with van der Waals surface area (Å²) in [5.74, 6) is 0.291. The zero-order valence-corrected chi connectivity index (χ0v) is 20.8. The van der Waals surface area contributed by atoms with Crippen LogP contribution in [0.15, 0.2) is 43.1 Å². The summed E-state index contributed by atoms with van der Waals surface area (Å²) in [4.78, 5) is 19.4. The van der Waals surface area contributed by atoms with Crippen LogP contribution >= 0.6 is 0 Å². The summed E-state index contributed by atoms with van der Waals surface area (Å²) in [6, 6.07) is 8.19. The predicted molar refractivity (Wildman–Crippen MR) is 138 cm³/mol. The average molecular weight is 509 g/mol. The van der Waals surface area contributed by atoms with E-state index >= 15 is 0 Å². The van der Waals surface area contributed by atoms with Crippen molar-refractivity contribution in [1.82, 2.24) is 24.5 Å². The van der Waals surface area contributed by atoms with Crippen molar-refractivity contribution in [2.45, 2.75) is 51.3 Å². The van der Waals surface area contributed by atoms with Crippen LogP contribution < -0.4 is 16.4 Å². The van der Waals surface area contributed by atoms with Gasteiger partial charge in [-0.25, -0.2) is 23.7 Å². The highest BCUT2D eigenvalue weighted by atomic mass is 19.3. The molecule has 1 aromatic carbocycles. The number of benzene rings is 1. The number of nitrogen functional groups attached to an aromatic ring is 1. The fraction of sp³-hybridized carbons (Fsp3) is 0.385. The van der Waals surface area contributed by atoms with E-state index in [1.54, 1.807) is 12.5 Å². The van der Waals surface area contributed by atoms with E-state index in [1.165, 1.54) is 6.33 Å². The van der Waals surface area contributed by atoms with Gasteiger partial charge in [0.1, 0.15) is 17.9 Å². The third-order valence-corrected chi connectivity index (χ3v) is 7.12. The highest BCUT2D eigenvalue weighted by Crippen LogP contribution is 2.34. The second-order valence-electron chi connectivity index (χ2n) is 9.86. The van der Waals surface area contributed by atoms with Crippen LogP contribution in [0.1, 0.15) is 29.5 Å². The Morgan fingerprint density at radius 2 is 1.95 bits per heavy atom. The second kappa shape index (κ2) is 9.64. The third kappa shape index (κ3) is 4.72. The van der Waals surface area contributed by atoms with Crippen LogP contribution in [0.4, 0.5) is 20.3 Å². The number of aryl methyl sites for hydroxylation is 2. The van der Waals surface area contributed by atoms with Crippen molar-refractivity contribution in [1.29, 1.82) is 0 Å². The number of halogens is 2. The Balaban J connectivity index is 1.58. The topological polar surface area (TPSA) is 132 Å².